The Hall–Kier alpha value is 0.1000. The molecule has 0 radical (unpaired) electrons. The quantitative estimate of drug-likeness (QED) is 0.876. The Bertz CT molecular complexity index is 297. The largest absolute Gasteiger partial charge is 0.330 e. The van der Waals surface area contributed by atoms with E-state index in [0.717, 1.165) is 0 Å². The molecule has 1 aromatic heterocycles. The summed E-state index contributed by atoms with van der Waals surface area (Å²) in [5.74, 6) is 1.48. The molecule has 86 valence electrons. The fourth-order valence-electron chi connectivity index (χ4n) is 1.77. The minimum absolute atomic E-state index is 0.417. The molecule has 2 atom stereocenters. The molecule has 1 rings (SSSR count). The van der Waals surface area contributed by atoms with Crippen LogP contribution in [-0.4, -0.2) is 13.1 Å². The fraction of sp³-hybridized carbons (Fsp3) is 0.636. The molecule has 0 aliphatic rings. The third-order valence-electron chi connectivity index (χ3n) is 3.18. The summed E-state index contributed by atoms with van der Waals surface area (Å²) in [6, 6.07) is 4.28. The van der Waals surface area contributed by atoms with Gasteiger partial charge >= 0.3 is 0 Å². The smallest absolute Gasteiger partial charge is 0.0701 e. The van der Waals surface area contributed by atoms with E-state index < -0.39 is 0 Å². The van der Waals surface area contributed by atoms with Crippen LogP contribution in [0.25, 0.3) is 0 Å². The molecule has 0 aliphatic carbocycles. The summed E-state index contributed by atoms with van der Waals surface area (Å²) in [4.78, 5) is 1.40. The average Bonchev–Trinajstić information content (AvgIpc) is 2.65. The first-order chi connectivity index (χ1) is 7.10. The molecule has 0 saturated carbocycles. The van der Waals surface area contributed by atoms with E-state index in [1.165, 1.54) is 8.66 Å². The number of nitrogens with two attached hydrogens (primary N) is 2. The maximum Gasteiger partial charge on any atom is 0.0701 e. The Morgan fingerprint density at radius 2 is 1.87 bits per heavy atom. The van der Waals surface area contributed by atoms with Crippen LogP contribution >= 0.6 is 27.3 Å². The van der Waals surface area contributed by atoms with E-state index >= 15 is 0 Å². The SMILES string of the molecule is CC(c1ccc(Br)s1)C(C)C(CN)CN. The summed E-state index contributed by atoms with van der Waals surface area (Å²) in [5.41, 5.74) is 11.4. The van der Waals surface area contributed by atoms with Crippen LogP contribution in [0.1, 0.15) is 24.6 Å². The second kappa shape index (κ2) is 5.99. The van der Waals surface area contributed by atoms with Gasteiger partial charge in [0.05, 0.1) is 3.79 Å². The minimum atomic E-state index is 0.417. The highest BCUT2D eigenvalue weighted by molar-refractivity contribution is 9.11. The third-order valence-corrected chi connectivity index (χ3v) is 5.01. The topological polar surface area (TPSA) is 52.0 Å². The molecule has 0 aromatic carbocycles. The molecule has 2 unspecified atom stereocenters. The molecule has 0 bridgehead atoms. The summed E-state index contributed by atoms with van der Waals surface area (Å²) < 4.78 is 1.19. The van der Waals surface area contributed by atoms with Gasteiger partial charge in [0.2, 0.25) is 0 Å². The van der Waals surface area contributed by atoms with E-state index in [-0.39, 0.29) is 0 Å². The second-order valence-electron chi connectivity index (χ2n) is 4.02. The van der Waals surface area contributed by atoms with Crippen molar-refractivity contribution in [1.82, 2.24) is 0 Å². The van der Waals surface area contributed by atoms with Crippen LogP contribution in [0.4, 0.5) is 0 Å². The van der Waals surface area contributed by atoms with Gasteiger partial charge in [0.25, 0.3) is 0 Å². The number of hydrogen-bond acceptors (Lipinski definition) is 3. The van der Waals surface area contributed by atoms with E-state index in [0.29, 0.717) is 30.8 Å². The Kier molecular flexibility index (Phi) is 5.26. The molecule has 0 saturated heterocycles. The maximum atomic E-state index is 5.72. The van der Waals surface area contributed by atoms with Crippen molar-refractivity contribution >= 4 is 27.3 Å². The first kappa shape index (κ1) is 13.2. The fourth-order valence-corrected chi connectivity index (χ4v) is 3.36. The molecule has 4 heteroatoms. The van der Waals surface area contributed by atoms with E-state index in [9.17, 15) is 0 Å². The summed E-state index contributed by atoms with van der Waals surface area (Å²) >= 11 is 5.29. The van der Waals surface area contributed by atoms with Crippen molar-refractivity contribution in [1.29, 1.82) is 0 Å². The molecular weight excluding hydrogens is 272 g/mol. The van der Waals surface area contributed by atoms with E-state index in [4.69, 9.17) is 11.5 Å². The van der Waals surface area contributed by atoms with Crippen molar-refractivity contribution in [3.8, 4) is 0 Å². The van der Waals surface area contributed by atoms with Crippen molar-refractivity contribution in [2.24, 2.45) is 23.3 Å². The Morgan fingerprint density at radius 1 is 1.27 bits per heavy atom. The van der Waals surface area contributed by atoms with E-state index in [1.54, 1.807) is 11.3 Å². The van der Waals surface area contributed by atoms with Crippen molar-refractivity contribution in [2.45, 2.75) is 19.8 Å². The van der Waals surface area contributed by atoms with Gasteiger partial charge < -0.3 is 11.5 Å². The average molecular weight is 291 g/mol. The molecule has 15 heavy (non-hydrogen) atoms. The zero-order chi connectivity index (χ0) is 11.4. The van der Waals surface area contributed by atoms with Gasteiger partial charge in [-0.2, -0.15) is 0 Å². The van der Waals surface area contributed by atoms with Gasteiger partial charge in [0.15, 0.2) is 0 Å². The molecule has 0 amide bonds. The molecule has 0 aliphatic heterocycles. The summed E-state index contributed by atoms with van der Waals surface area (Å²) in [6.07, 6.45) is 0. The van der Waals surface area contributed by atoms with Gasteiger partial charge in [-0.3, -0.25) is 0 Å². The van der Waals surface area contributed by atoms with Crippen molar-refractivity contribution in [2.75, 3.05) is 13.1 Å². The zero-order valence-electron chi connectivity index (χ0n) is 9.24. The van der Waals surface area contributed by atoms with Crippen LogP contribution in [0.5, 0.6) is 0 Å². The zero-order valence-corrected chi connectivity index (χ0v) is 11.6. The second-order valence-corrected chi connectivity index (χ2v) is 6.52. The normalized spacial score (nSPS) is 15.6. The molecule has 0 fully saturated rings. The van der Waals surface area contributed by atoms with E-state index in [1.807, 2.05) is 0 Å². The maximum absolute atomic E-state index is 5.72. The lowest BCUT2D eigenvalue weighted by Crippen LogP contribution is -2.31. The van der Waals surface area contributed by atoms with Crippen LogP contribution in [0.15, 0.2) is 15.9 Å². The number of halogens is 1. The van der Waals surface area contributed by atoms with Gasteiger partial charge in [-0.1, -0.05) is 13.8 Å². The van der Waals surface area contributed by atoms with Gasteiger partial charge in [-0.15, -0.1) is 11.3 Å². The van der Waals surface area contributed by atoms with E-state index in [2.05, 4.69) is 41.9 Å². The first-order valence-corrected chi connectivity index (χ1v) is 6.86. The Labute approximate surface area is 104 Å². The number of hydrogen-bond donors (Lipinski definition) is 2. The molecule has 0 spiro atoms. The number of rotatable bonds is 5. The lowest BCUT2D eigenvalue weighted by Gasteiger charge is -2.26. The Balaban J connectivity index is 2.71. The highest BCUT2D eigenvalue weighted by atomic mass is 79.9. The van der Waals surface area contributed by atoms with Crippen LogP contribution in [0.2, 0.25) is 0 Å². The van der Waals surface area contributed by atoms with Gasteiger partial charge in [0, 0.05) is 4.88 Å². The predicted molar refractivity (Wildman–Crippen MR) is 71.2 cm³/mol. The minimum Gasteiger partial charge on any atom is -0.330 e. The highest BCUT2D eigenvalue weighted by Crippen LogP contribution is 2.35. The van der Waals surface area contributed by atoms with Crippen LogP contribution in [-0.2, 0) is 0 Å². The van der Waals surface area contributed by atoms with Gasteiger partial charge in [-0.05, 0) is 58.9 Å². The van der Waals surface area contributed by atoms with Crippen LogP contribution < -0.4 is 11.5 Å². The Morgan fingerprint density at radius 3 is 2.27 bits per heavy atom. The van der Waals surface area contributed by atoms with Crippen molar-refractivity contribution < 1.29 is 0 Å². The third kappa shape index (κ3) is 3.28. The summed E-state index contributed by atoms with van der Waals surface area (Å²) in [6.45, 7) is 5.84. The standard InChI is InChI=1S/C11H19BrN2S/c1-7(9(5-13)6-14)8(2)10-3-4-11(12)15-10/h3-4,7-9H,5-6,13-14H2,1-2H3. The summed E-state index contributed by atoms with van der Waals surface area (Å²) in [5, 5.41) is 0. The summed E-state index contributed by atoms with van der Waals surface area (Å²) in [7, 11) is 0. The molecule has 1 aromatic rings. The lowest BCUT2D eigenvalue weighted by atomic mass is 9.83. The molecular formula is C11H19BrN2S. The van der Waals surface area contributed by atoms with Crippen LogP contribution in [0.3, 0.4) is 0 Å². The first-order valence-electron chi connectivity index (χ1n) is 5.25. The van der Waals surface area contributed by atoms with Crippen LogP contribution in [0, 0.1) is 11.8 Å². The van der Waals surface area contributed by atoms with Gasteiger partial charge in [0.1, 0.15) is 0 Å². The molecule has 1 heterocycles. The monoisotopic (exact) mass is 290 g/mol. The number of thiophene rings is 1. The molecule has 4 N–H and O–H groups in total. The van der Waals surface area contributed by atoms with Gasteiger partial charge in [-0.25, -0.2) is 0 Å². The molecule has 2 nitrogen and oxygen atoms in total. The lowest BCUT2D eigenvalue weighted by molar-refractivity contribution is 0.331. The van der Waals surface area contributed by atoms with Crippen molar-refractivity contribution in [3.63, 3.8) is 0 Å². The van der Waals surface area contributed by atoms with Crippen molar-refractivity contribution in [3.05, 3.63) is 20.8 Å². The highest BCUT2D eigenvalue weighted by Gasteiger charge is 2.22. The predicted octanol–water partition coefficient (Wildman–Crippen LogP) is 2.78.